The number of nitrogen functional groups attached to an aromatic ring is 1. The largest absolute Gasteiger partial charge is 0.396 e. The smallest absolute Gasteiger partial charge is 0.176 e. The van der Waals surface area contributed by atoms with Crippen LogP contribution in [0.2, 0.25) is 0 Å². The standard InChI is InChI=1S/C8H10FN3O/c9-6-4-7(10)8(11-5-6)12-2-1-3-13-12/h4-5H,1-3,10H2. The number of rotatable bonds is 1. The first kappa shape index (κ1) is 8.25. The Morgan fingerprint density at radius 3 is 3.08 bits per heavy atom. The van der Waals surface area contributed by atoms with E-state index in [1.165, 1.54) is 6.07 Å². The summed E-state index contributed by atoms with van der Waals surface area (Å²) in [7, 11) is 0. The molecule has 0 aliphatic carbocycles. The zero-order chi connectivity index (χ0) is 9.26. The van der Waals surface area contributed by atoms with E-state index in [2.05, 4.69) is 4.98 Å². The molecule has 5 heteroatoms. The Morgan fingerprint density at radius 2 is 2.46 bits per heavy atom. The van der Waals surface area contributed by atoms with Crippen molar-refractivity contribution in [3.05, 3.63) is 18.1 Å². The Bertz CT molecular complexity index is 312. The van der Waals surface area contributed by atoms with Crippen LogP contribution < -0.4 is 10.8 Å². The van der Waals surface area contributed by atoms with Gasteiger partial charge in [0, 0.05) is 12.6 Å². The van der Waals surface area contributed by atoms with Gasteiger partial charge in [0.25, 0.3) is 0 Å². The molecule has 1 saturated heterocycles. The van der Waals surface area contributed by atoms with Crippen LogP contribution in [0.4, 0.5) is 15.9 Å². The van der Waals surface area contributed by atoms with Gasteiger partial charge < -0.3 is 5.73 Å². The van der Waals surface area contributed by atoms with E-state index in [1.54, 1.807) is 5.06 Å². The van der Waals surface area contributed by atoms with Crippen LogP contribution in [0.5, 0.6) is 0 Å². The molecule has 4 nitrogen and oxygen atoms in total. The van der Waals surface area contributed by atoms with Crippen LogP contribution in [0.3, 0.4) is 0 Å². The summed E-state index contributed by atoms with van der Waals surface area (Å²) in [5.74, 6) is 0.0688. The molecule has 2 heterocycles. The molecule has 0 bridgehead atoms. The number of nitrogens with zero attached hydrogens (tertiary/aromatic N) is 2. The van der Waals surface area contributed by atoms with E-state index in [4.69, 9.17) is 10.6 Å². The van der Waals surface area contributed by atoms with Crippen LogP contribution in [0.1, 0.15) is 6.42 Å². The van der Waals surface area contributed by atoms with Crippen molar-refractivity contribution in [2.45, 2.75) is 6.42 Å². The first-order valence-corrected chi connectivity index (χ1v) is 4.09. The van der Waals surface area contributed by atoms with Crippen molar-refractivity contribution in [2.75, 3.05) is 23.9 Å². The number of pyridine rings is 1. The third-order valence-corrected chi connectivity index (χ3v) is 1.85. The number of anilines is 2. The first-order chi connectivity index (χ1) is 6.27. The number of hydroxylamine groups is 1. The predicted octanol–water partition coefficient (Wildman–Crippen LogP) is 0.945. The minimum Gasteiger partial charge on any atom is -0.396 e. The van der Waals surface area contributed by atoms with Gasteiger partial charge in [0.2, 0.25) is 0 Å². The van der Waals surface area contributed by atoms with E-state index in [0.717, 1.165) is 19.2 Å². The number of hydrogen-bond donors (Lipinski definition) is 1. The molecule has 0 radical (unpaired) electrons. The van der Waals surface area contributed by atoms with Gasteiger partial charge >= 0.3 is 0 Å². The summed E-state index contributed by atoms with van der Waals surface area (Å²) in [6.07, 6.45) is 2.08. The summed E-state index contributed by atoms with van der Waals surface area (Å²) >= 11 is 0. The van der Waals surface area contributed by atoms with E-state index in [0.29, 0.717) is 18.1 Å². The van der Waals surface area contributed by atoms with E-state index in [9.17, 15) is 4.39 Å². The molecule has 0 spiro atoms. The molecule has 13 heavy (non-hydrogen) atoms. The van der Waals surface area contributed by atoms with E-state index >= 15 is 0 Å². The molecule has 0 atom stereocenters. The Labute approximate surface area is 75.1 Å². The van der Waals surface area contributed by atoms with Crippen LogP contribution in [0.15, 0.2) is 12.3 Å². The van der Waals surface area contributed by atoms with E-state index in [1.807, 2.05) is 0 Å². The fourth-order valence-corrected chi connectivity index (χ4v) is 1.27. The van der Waals surface area contributed by atoms with Crippen LogP contribution >= 0.6 is 0 Å². The highest BCUT2D eigenvalue weighted by molar-refractivity contribution is 5.61. The van der Waals surface area contributed by atoms with E-state index in [-0.39, 0.29) is 0 Å². The van der Waals surface area contributed by atoms with Gasteiger partial charge in [-0.3, -0.25) is 4.84 Å². The maximum Gasteiger partial charge on any atom is 0.176 e. The lowest BCUT2D eigenvalue weighted by molar-refractivity contribution is 0.166. The molecule has 70 valence electrons. The molecule has 1 fully saturated rings. The number of hydrogen-bond acceptors (Lipinski definition) is 4. The molecule has 2 N–H and O–H groups in total. The maximum atomic E-state index is 12.6. The Kier molecular flexibility index (Phi) is 2.02. The summed E-state index contributed by atoms with van der Waals surface area (Å²) in [6.45, 7) is 1.42. The van der Waals surface area contributed by atoms with Gasteiger partial charge in [-0.1, -0.05) is 0 Å². The van der Waals surface area contributed by atoms with Crippen molar-refractivity contribution in [2.24, 2.45) is 0 Å². The quantitative estimate of drug-likeness (QED) is 0.704. The Balaban J connectivity index is 2.29. The highest BCUT2D eigenvalue weighted by Gasteiger charge is 2.17. The number of aromatic nitrogens is 1. The normalized spacial score (nSPS) is 16.5. The maximum absolute atomic E-state index is 12.6. The van der Waals surface area contributed by atoms with Crippen molar-refractivity contribution in [1.29, 1.82) is 0 Å². The summed E-state index contributed by atoms with van der Waals surface area (Å²) < 4.78 is 12.6. The second-order valence-electron chi connectivity index (χ2n) is 2.86. The predicted molar refractivity (Wildman–Crippen MR) is 46.5 cm³/mol. The molecule has 0 saturated carbocycles. The molecular weight excluding hydrogens is 173 g/mol. The van der Waals surface area contributed by atoms with Gasteiger partial charge in [-0.25, -0.2) is 14.4 Å². The number of nitrogens with two attached hydrogens (primary N) is 1. The van der Waals surface area contributed by atoms with Gasteiger partial charge in [-0.05, 0) is 6.42 Å². The third-order valence-electron chi connectivity index (χ3n) is 1.85. The molecule has 1 aromatic heterocycles. The molecule has 1 aromatic rings. The van der Waals surface area contributed by atoms with Crippen molar-refractivity contribution in [3.63, 3.8) is 0 Å². The monoisotopic (exact) mass is 183 g/mol. The summed E-state index contributed by atoms with van der Waals surface area (Å²) in [5, 5.41) is 1.59. The number of halogens is 1. The van der Waals surface area contributed by atoms with Crippen molar-refractivity contribution < 1.29 is 9.23 Å². The summed E-state index contributed by atoms with van der Waals surface area (Å²) in [5.41, 5.74) is 5.88. The van der Waals surface area contributed by atoms with Crippen molar-refractivity contribution in [1.82, 2.24) is 4.98 Å². The second kappa shape index (κ2) is 3.18. The average molecular weight is 183 g/mol. The highest BCUT2D eigenvalue weighted by atomic mass is 19.1. The zero-order valence-electron chi connectivity index (χ0n) is 7.03. The molecule has 1 aliphatic rings. The van der Waals surface area contributed by atoms with Crippen LogP contribution in [0, 0.1) is 5.82 Å². The molecule has 0 aromatic carbocycles. The van der Waals surface area contributed by atoms with Gasteiger partial charge in [0.1, 0.15) is 5.82 Å². The molecule has 0 amide bonds. The van der Waals surface area contributed by atoms with Gasteiger partial charge in [0.05, 0.1) is 18.5 Å². The highest BCUT2D eigenvalue weighted by Crippen LogP contribution is 2.23. The molecule has 2 rings (SSSR count). The van der Waals surface area contributed by atoms with Crippen molar-refractivity contribution >= 4 is 11.5 Å². The molecule has 0 unspecified atom stereocenters. The minimum atomic E-state index is -0.430. The van der Waals surface area contributed by atoms with Crippen LogP contribution in [-0.2, 0) is 4.84 Å². The van der Waals surface area contributed by atoms with E-state index < -0.39 is 5.82 Å². The summed E-state index contributed by atoms with van der Waals surface area (Å²) in [6, 6.07) is 1.24. The SMILES string of the molecule is Nc1cc(F)cnc1N1CCCO1. The second-order valence-corrected chi connectivity index (χ2v) is 2.86. The van der Waals surface area contributed by atoms with Crippen LogP contribution in [-0.4, -0.2) is 18.1 Å². The minimum absolute atomic E-state index is 0.307. The lowest BCUT2D eigenvalue weighted by Crippen LogP contribution is -2.19. The molecular formula is C8H10FN3O. The Hall–Kier alpha value is -1.36. The third kappa shape index (κ3) is 1.55. The lowest BCUT2D eigenvalue weighted by Gasteiger charge is -2.16. The fourth-order valence-electron chi connectivity index (χ4n) is 1.27. The lowest BCUT2D eigenvalue weighted by atomic mass is 10.3. The average Bonchev–Trinajstić information content (AvgIpc) is 2.56. The Morgan fingerprint density at radius 1 is 1.62 bits per heavy atom. The van der Waals surface area contributed by atoms with Gasteiger partial charge in [0.15, 0.2) is 5.82 Å². The fraction of sp³-hybridized carbons (Fsp3) is 0.375. The van der Waals surface area contributed by atoms with Crippen molar-refractivity contribution in [3.8, 4) is 0 Å². The summed E-state index contributed by atoms with van der Waals surface area (Å²) in [4.78, 5) is 9.09. The molecule has 1 aliphatic heterocycles. The zero-order valence-corrected chi connectivity index (χ0v) is 7.03. The van der Waals surface area contributed by atoms with Gasteiger partial charge in [-0.15, -0.1) is 0 Å². The topological polar surface area (TPSA) is 51.4 Å². The van der Waals surface area contributed by atoms with Crippen LogP contribution in [0.25, 0.3) is 0 Å². The van der Waals surface area contributed by atoms with Gasteiger partial charge in [-0.2, -0.15) is 0 Å². The first-order valence-electron chi connectivity index (χ1n) is 4.09.